The van der Waals surface area contributed by atoms with Crippen LogP contribution in [0.5, 0.6) is 0 Å². The molecule has 2 aromatic heterocycles. The van der Waals surface area contributed by atoms with Crippen molar-refractivity contribution >= 4 is 29.0 Å². The SMILES string of the molecule is Cn1ccc(/C=C/c2ccc3cc(C(=O)O)ccc3n2)n1. The molecule has 0 saturated carbocycles. The second-order valence-corrected chi connectivity index (χ2v) is 4.70. The van der Waals surface area contributed by atoms with E-state index < -0.39 is 5.97 Å². The number of carbonyl (C=O) groups is 1. The molecule has 2 heterocycles. The van der Waals surface area contributed by atoms with Crippen molar-refractivity contribution < 1.29 is 9.90 Å². The van der Waals surface area contributed by atoms with Gasteiger partial charge in [0, 0.05) is 18.6 Å². The highest BCUT2D eigenvalue weighted by Crippen LogP contribution is 2.16. The highest BCUT2D eigenvalue weighted by Gasteiger charge is 2.04. The van der Waals surface area contributed by atoms with Gasteiger partial charge in [0.15, 0.2) is 0 Å². The fourth-order valence-electron chi connectivity index (χ4n) is 2.06. The summed E-state index contributed by atoms with van der Waals surface area (Å²) < 4.78 is 1.74. The number of aromatic carboxylic acids is 1. The number of aryl methyl sites for hydroxylation is 1. The zero-order valence-corrected chi connectivity index (χ0v) is 11.4. The molecule has 0 amide bonds. The number of hydrogen-bond acceptors (Lipinski definition) is 3. The van der Waals surface area contributed by atoms with Gasteiger partial charge in [-0.15, -0.1) is 0 Å². The minimum absolute atomic E-state index is 0.265. The molecule has 104 valence electrons. The van der Waals surface area contributed by atoms with E-state index in [1.165, 1.54) is 0 Å². The molecular formula is C16H13N3O2. The maximum Gasteiger partial charge on any atom is 0.335 e. The molecule has 0 unspecified atom stereocenters. The minimum Gasteiger partial charge on any atom is -0.478 e. The van der Waals surface area contributed by atoms with Crippen LogP contribution in [0.25, 0.3) is 23.1 Å². The lowest BCUT2D eigenvalue weighted by Crippen LogP contribution is -1.95. The van der Waals surface area contributed by atoms with Crippen molar-refractivity contribution in [1.29, 1.82) is 0 Å². The van der Waals surface area contributed by atoms with Crippen molar-refractivity contribution in [1.82, 2.24) is 14.8 Å². The van der Waals surface area contributed by atoms with Gasteiger partial charge in [0.25, 0.3) is 0 Å². The quantitative estimate of drug-likeness (QED) is 0.800. The molecule has 3 rings (SSSR count). The number of carboxylic acid groups (broad SMARTS) is 1. The van der Waals surface area contributed by atoms with E-state index >= 15 is 0 Å². The van der Waals surface area contributed by atoms with E-state index in [1.807, 2.05) is 43.6 Å². The van der Waals surface area contributed by atoms with Crippen LogP contribution in [-0.2, 0) is 7.05 Å². The number of fused-ring (bicyclic) bond motifs is 1. The van der Waals surface area contributed by atoms with Gasteiger partial charge in [-0.3, -0.25) is 4.68 Å². The predicted octanol–water partition coefficient (Wildman–Crippen LogP) is 2.84. The molecule has 1 N–H and O–H groups in total. The van der Waals surface area contributed by atoms with Crippen LogP contribution in [0.3, 0.4) is 0 Å². The van der Waals surface area contributed by atoms with Crippen LogP contribution in [0, 0.1) is 0 Å². The maximum atomic E-state index is 10.9. The molecular weight excluding hydrogens is 266 g/mol. The molecule has 0 bridgehead atoms. The number of rotatable bonds is 3. The zero-order valence-electron chi connectivity index (χ0n) is 11.4. The molecule has 0 aliphatic carbocycles. The number of aromatic nitrogens is 3. The van der Waals surface area contributed by atoms with Gasteiger partial charge in [-0.2, -0.15) is 5.10 Å². The molecule has 5 heteroatoms. The van der Waals surface area contributed by atoms with Crippen LogP contribution in [0.15, 0.2) is 42.6 Å². The Morgan fingerprint density at radius 2 is 1.95 bits per heavy atom. The molecule has 0 fully saturated rings. The van der Waals surface area contributed by atoms with Crippen molar-refractivity contribution in [3.63, 3.8) is 0 Å². The summed E-state index contributed by atoms with van der Waals surface area (Å²) >= 11 is 0. The largest absolute Gasteiger partial charge is 0.478 e. The van der Waals surface area contributed by atoms with Crippen LogP contribution in [-0.4, -0.2) is 25.8 Å². The average Bonchev–Trinajstić information content (AvgIpc) is 2.90. The van der Waals surface area contributed by atoms with Crippen molar-refractivity contribution in [3.8, 4) is 0 Å². The van der Waals surface area contributed by atoms with E-state index in [0.717, 1.165) is 22.3 Å². The molecule has 5 nitrogen and oxygen atoms in total. The smallest absolute Gasteiger partial charge is 0.335 e. The number of nitrogens with zero attached hydrogens (tertiary/aromatic N) is 3. The van der Waals surface area contributed by atoms with Gasteiger partial charge in [-0.25, -0.2) is 9.78 Å². The lowest BCUT2D eigenvalue weighted by Gasteiger charge is -2.00. The standard InChI is InChI=1S/C16H13N3O2/c1-19-9-8-14(18-19)6-5-13-4-2-11-10-12(16(20)21)3-7-15(11)17-13/h2-10H,1H3,(H,20,21)/b6-5+. The summed E-state index contributed by atoms with van der Waals surface area (Å²) in [7, 11) is 1.87. The Morgan fingerprint density at radius 3 is 2.67 bits per heavy atom. The van der Waals surface area contributed by atoms with Crippen molar-refractivity contribution in [3.05, 3.63) is 59.5 Å². The molecule has 3 aromatic rings. The maximum absolute atomic E-state index is 10.9. The van der Waals surface area contributed by atoms with Gasteiger partial charge in [-0.05, 0) is 42.5 Å². The first-order valence-corrected chi connectivity index (χ1v) is 6.44. The second kappa shape index (κ2) is 5.20. The van der Waals surface area contributed by atoms with Crippen LogP contribution in [0.1, 0.15) is 21.7 Å². The van der Waals surface area contributed by atoms with Gasteiger partial charge in [0.1, 0.15) is 0 Å². The summed E-state index contributed by atoms with van der Waals surface area (Å²) in [6.45, 7) is 0. The van der Waals surface area contributed by atoms with Crippen molar-refractivity contribution in [2.24, 2.45) is 7.05 Å². The molecule has 0 aliphatic heterocycles. The number of pyridine rings is 1. The Kier molecular flexibility index (Phi) is 3.23. The van der Waals surface area contributed by atoms with E-state index in [0.29, 0.717) is 0 Å². The third-order valence-corrected chi connectivity index (χ3v) is 3.12. The molecule has 0 radical (unpaired) electrons. The van der Waals surface area contributed by atoms with Crippen LogP contribution >= 0.6 is 0 Å². The summed E-state index contributed by atoms with van der Waals surface area (Å²) in [6.07, 6.45) is 5.65. The second-order valence-electron chi connectivity index (χ2n) is 4.70. The molecule has 0 aliphatic rings. The van der Waals surface area contributed by atoms with Gasteiger partial charge in [0.05, 0.1) is 22.5 Å². The average molecular weight is 279 g/mol. The monoisotopic (exact) mass is 279 g/mol. The number of hydrogen-bond donors (Lipinski definition) is 1. The molecule has 21 heavy (non-hydrogen) atoms. The summed E-state index contributed by atoms with van der Waals surface area (Å²) in [4.78, 5) is 15.4. The van der Waals surface area contributed by atoms with Gasteiger partial charge >= 0.3 is 5.97 Å². The first-order chi connectivity index (χ1) is 10.1. The fourth-order valence-corrected chi connectivity index (χ4v) is 2.06. The zero-order chi connectivity index (χ0) is 14.8. The number of carboxylic acids is 1. The van der Waals surface area contributed by atoms with Crippen LogP contribution in [0.4, 0.5) is 0 Å². The lowest BCUT2D eigenvalue weighted by atomic mass is 10.1. The first-order valence-electron chi connectivity index (χ1n) is 6.44. The predicted molar refractivity (Wildman–Crippen MR) is 80.8 cm³/mol. The lowest BCUT2D eigenvalue weighted by molar-refractivity contribution is 0.0697. The van der Waals surface area contributed by atoms with Crippen molar-refractivity contribution in [2.45, 2.75) is 0 Å². The minimum atomic E-state index is -0.934. The summed E-state index contributed by atoms with van der Waals surface area (Å²) in [5, 5.41) is 14.0. The highest BCUT2D eigenvalue weighted by molar-refractivity contribution is 5.93. The third kappa shape index (κ3) is 2.81. The van der Waals surface area contributed by atoms with Gasteiger partial charge in [-0.1, -0.05) is 6.07 Å². The molecule has 0 saturated heterocycles. The molecule has 0 atom stereocenters. The Balaban J connectivity index is 1.92. The van der Waals surface area contributed by atoms with Crippen molar-refractivity contribution in [2.75, 3.05) is 0 Å². The van der Waals surface area contributed by atoms with E-state index in [1.54, 1.807) is 22.9 Å². The highest BCUT2D eigenvalue weighted by atomic mass is 16.4. The summed E-state index contributed by atoms with van der Waals surface area (Å²) in [5.74, 6) is -0.934. The fraction of sp³-hybridized carbons (Fsp3) is 0.0625. The molecule has 1 aromatic carbocycles. The van der Waals surface area contributed by atoms with E-state index in [9.17, 15) is 4.79 Å². The Morgan fingerprint density at radius 1 is 1.14 bits per heavy atom. The van der Waals surface area contributed by atoms with E-state index in [4.69, 9.17) is 5.11 Å². The summed E-state index contributed by atoms with van der Waals surface area (Å²) in [6, 6.07) is 10.5. The first kappa shape index (κ1) is 13.1. The topological polar surface area (TPSA) is 68.0 Å². The normalized spacial score (nSPS) is 11.3. The van der Waals surface area contributed by atoms with Gasteiger partial charge in [0.2, 0.25) is 0 Å². The Hall–Kier alpha value is -2.95. The van der Waals surface area contributed by atoms with E-state index in [2.05, 4.69) is 10.1 Å². The Labute approximate surface area is 121 Å². The molecule has 0 spiro atoms. The Bertz CT molecular complexity index is 850. The van der Waals surface area contributed by atoms with Crippen LogP contribution in [0.2, 0.25) is 0 Å². The third-order valence-electron chi connectivity index (χ3n) is 3.12. The van der Waals surface area contributed by atoms with Crippen LogP contribution < -0.4 is 0 Å². The number of benzene rings is 1. The van der Waals surface area contributed by atoms with E-state index in [-0.39, 0.29) is 5.56 Å². The van der Waals surface area contributed by atoms with Gasteiger partial charge < -0.3 is 5.11 Å². The summed E-state index contributed by atoms with van der Waals surface area (Å²) in [5.41, 5.74) is 2.70.